The minimum Gasteiger partial charge on any atom is -0.319 e. The van der Waals surface area contributed by atoms with Crippen LogP contribution in [0.2, 0.25) is 0 Å². The molecule has 0 unspecified atom stereocenters. The molecular weight excluding hydrogens is 188 g/mol. The third kappa shape index (κ3) is 2.35. The second kappa shape index (κ2) is 4.81. The first-order chi connectivity index (χ1) is 6.69. The molecular formula is C10H11F2NO. The van der Waals surface area contributed by atoms with E-state index >= 15 is 0 Å². The van der Waals surface area contributed by atoms with Crippen molar-refractivity contribution in [2.75, 3.05) is 13.6 Å². The highest BCUT2D eigenvalue weighted by molar-refractivity contribution is 5.77. The van der Waals surface area contributed by atoms with Crippen LogP contribution < -0.4 is 5.32 Å². The van der Waals surface area contributed by atoms with E-state index in [1.807, 2.05) is 0 Å². The molecule has 0 aliphatic rings. The molecule has 0 saturated heterocycles. The molecule has 0 saturated carbocycles. The van der Waals surface area contributed by atoms with E-state index in [1.165, 1.54) is 0 Å². The Morgan fingerprint density at radius 1 is 1.36 bits per heavy atom. The Labute approximate surface area is 80.9 Å². The first-order valence-corrected chi connectivity index (χ1v) is 4.26. The lowest BCUT2D eigenvalue weighted by Crippen LogP contribution is -2.12. The Bertz CT molecular complexity index is 339. The molecule has 4 heteroatoms. The second-order valence-corrected chi connectivity index (χ2v) is 2.94. The summed E-state index contributed by atoms with van der Waals surface area (Å²) in [4.78, 5) is 10.5. The lowest BCUT2D eigenvalue weighted by molar-refractivity contribution is 0.112. The fourth-order valence-electron chi connectivity index (χ4n) is 1.19. The van der Waals surface area contributed by atoms with Crippen LogP contribution in [-0.2, 0) is 6.42 Å². The van der Waals surface area contributed by atoms with Crippen molar-refractivity contribution in [1.82, 2.24) is 5.32 Å². The van der Waals surface area contributed by atoms with Crippen molar-refractivity contribution < 1.29 is 13.6 Å². The average molecular weight is 199 g/mol. The number of hydrogen-bond donors (Lipinski definition) is 1. The number of likely N-dealkylation sites (N-methyl/N-ethyl adjacent to an activating group) is 1. The van der Waals surface area contributed by atoms with Gasteiger partial charge in [-0.1, -0.05) is 0 Å². The normalized spacial score (nSPS) is 10.2. The van der Waals surface area contributed by atoms with Crippen LogP contribution in [0.5, 0.6) is 0 Å². The Kier molecular flexibility index (Phi) is 3.71. The summed E-state index contributed by atoms with van der Waals surface area (Å²) in [6.45, 7) is 0.617. The molecule has 0 amide bonds. The molecule has 14 heavy (non-hydrogen) atoms. The molecule has 0 aliphatic heterocycles. The largest absolute Gasteiger partial charge is 0.319 e. The molecule has 1 aromatic carbocycles. The second-order valence-electron chi connectivity index (χ2n) is 2.94. The van der Waals surface area contributed by atoms with Crippen LogP contribution in [0, 0.1) is 11.6 Å². The van der Waals surface area contributed by atoms with E-state index < -0.39 is 11.6 Å². The summed E-state index contributed by atoms with van der Waals surface area (Å²) < 4.78 is 25.5. The van der Waals surface area contributed by atoms with Gasteiger partial charge in [-0.25, -0.2) is 8.78 Å². The number of aldehydes is 1. The van der Waals surface area contributed by atoms with E-state index in [1.54, 1.807) is 7.05 Å². The minimum absolute atomic E-state index is 0.208. The maximum atomic E-state index is 12.8. The predicted octanol–water partition coefficient (Wildman–Crippen LogP) is 1.54. The van der Waals surface area contributed by atoms with E-state index in [4.69, 9.17) is 0 Å². The van der Waals surface area contributed by atoms with Gasteiger partial charge in [0.25, 0.3) is 0 Å². The number of hydrogen-bond acceptors (Lipinski definition) is 2. The highest BCUT2D eigenvalue weighted by atomic mass is 19.2. The van der Waals surface area contributed by atoms with Crippen LogP contribution in [0.15, 0.2) is 12.1 Å². The first-order valence-electron chi connectivity index (χ1n) is 4.26. The summed E-state index contributed by atoms with van der Waals surface area (Å²) in [7, 11) is 1.75. The molecule has 0 bridgehead atoms. The number of benzene rings is 1. The summed E-state index contributed by atoms with van der Waals surface area (Å²) in [5.41, 5.74) is 0.729. The van der Waals surface area contributed by atoms with Crippen molar-refractivity contribution in [2.45, 2.75) is 6.42 Å². The first kappa shape index (κ1) is 10.8. The van der Waals surface area contributed by atoms with Gasteiger partial charge in [0.1, 0.15) is 6.29 Å². The maximum absolute atomic E-state index is 12.8. The molecule has 1 rings (SSSR count). The topological polar surface area (TPSA) is 29.1 Å². The van der Waals surface area contributed by atoms with Crippen molar-refractivity contribution in [3.05, 3.63) is 34.9 Å². The molecule has 0 fully saturated rings. The van der Waals surface area contributed by atoms with Gasteiger partial charge in [-0.2, -0.15) is 0 Å². The van der Waals surface area contributed by atoms with E-state index in [0.29, 0.717) is 24.8 Å². The standard InChI is InChI=1S/C10H11F2NO/c1-13-3-2-7-4-9(11)10(12)5-8(7)6-14/h4-6,13H,2-3H2,1H3. The molecule has 0 radical (unpaired) electrons. The molecule has 0 spiro atoms. The van der Waals surface area contributed by atoms with Gasteiger partial charge in [0, 0.05) is 5.56 Å². The highest BCUT2D eigenvalue weighted by Gasteiger charge is 2.08. The SMILES string of the molecule is CNCCc1cc(F)c(F)cc1C=O. The van der Waals surface area contributed by atoms with Crippen LogP contribution in [0.3, 0.4) is 0 Å². The molecule has 1 N–H and O–H groups in total. The van der Waals surface area contributed by atoms with Gasteiger partial charge in [0.15, 0.2) is 11.6 Å². The molecule has 2 nitrogen and oxygen atoms in total. The van der Waals surface area contributed by atoms with Crippen molar-refractivity contribution in [2.24, 2.45) is 0 Å². The van der Waals surface area contributed by atoms with Gasteiger partial charge in [-0.3, -0.25) is 4.79 Å². The Morgan fingerprint density at radius 3 is 2.57 bits per heavy atom. The average Bonchev–Trinajstić information content (AvgIpc) is 2.19. The van der Waals surface area contributed by atoms with Crippen LogP contribution in [0.1, 0.15) is 15.9 Å². The zero-order valence-electron chi connectivity index (χ0n) is 7.81. The van der Waals surface area contributed by atoms with Gasteiger partial charge in [-0.05, 0) is 37.7 Å². The summed E-state index contributed by atoms with van der Waals surface area (Å²) in [6, 6.07) is 1.99. The third-order valence-corrected chi connectivity index (χ3v) is 1.95. The maximum Gasteiger partial charge on any atom is 0.159 e. The quantitative estimate of drug-likeness (QED) is 0.745. The van der Waals surface area contributed by atoms with Crippen LogP contribution in [0.25, 0.3) is 0 Å². The monoisotopic (exact) mass is 199 g/mol. The zero-order chi connectivity index (χ0) is 10.6. The molecule has 0 heterocycles. The molecule has 0 aromatic heterocycles. The van der Waals surface area contributed by atoms with Crippen LogP contribution in [-0.4, -0.2) is 19.9 Å². The van der Waals surface area contributed by atoms with Crippen molar-refractivity contribution in [3.63, 3.8) is 0 Å². The number of carbonyl (C=O) groups excluding carboxylic acids is 1. The summed E-state index contributed by atoms with van der Waals surface area (Å²) in [5.74, 6) is -1.90. The number of carbonyl (C=O) groups is 1. The summed E-state index contributed by atoms with van der Waals surface area (Å²) >= 11 is 0. The van der Waals surface area contributed by atoms with E-state index in [-0.39, 0.29) is 5.56 Å². The van der Waals surface area contributed by atoms with Crippen molar-refractivity contribution in [3.8, 4) is 0 Å². The van der Waals surface area contributed by atoms with E-state index in [2.05, 4.69) is 5.32 Å². The fraction of sp³-hybridized carbons (Fsp3) is 0.300. The number of rotatable bonds is 4. The van der Waals surface area contributed by atoms with Gasteiger partial charge < -0.3 is 5.32 Å². The van der Waals surface area contributed by atoms with Crippen LogP contribution >= 0.6 is 0 Å². The Hall–Kier alpha value is -1.29. The van der Waals surface area contributed by atoms with Gasteiger partial charge in [0.2, 0.25) is 0 Å². The third-order valence-electron chi connectivity index (χ3n) is 1.95. The lowest BCUT2D eigenvalue weighted by Gasteiger charge is -2.05. The smallest absolute Gasteiger partial charge is 0.159 e. The van der Waals surface area contributed by atoms with E-state index in [0.717, 1.165) is 12.1 Å². The Morgan fingerprint density at radius 2 is 2.00 bits per heavy atom. The fourth-order valence-corrected chi connectivity index (χ4v) is 1.19. The summed E-state index contributed by atoms with van der Waals surface area (Å²) in [5, 5.41) is 2.87. The van der Waals surface area contributed by atoms with Crippen molar-refractivity contribution in [1.29, 1.82) is 0 Å². The van der Waals surface area contributed by atoms with Crippen molar-refractivity contribution >= 4 is 6.29 Å². The number of nitrogens with one attached hydrogen (secondary N) is 1. The predicted molar refractivity (Wildman–Crippen MR) is 49.4 cm³/mol. The van der Waals surface area contributed by atoms with Gasteiger partial charge in [-0.15, -0.1) is 0 Å². The summed E-state index contributed by atoms with van der Waals surface area (Å²) in [6.07, 6.45) is 1.04. The molecule has 0 atom stereocenters. The molecule has 1 aromatic rings. The minimum atomic E-state index is -0.986. The Balaban J connectivity index is 3.00. The molecule has 0 aliphatic carbocycles. The zero-order valence-corrected chi connectivity index (χ0v) is 7.81. The molecule has 76 valence electrons. The van der Waals surface area contributed by atoms with E-state index in [9.17, 15) is 13.6 Å². The van der Waals surface area contributed by atoms with Crippen LogP contribution in [0.4, 0.5) is 8.78 Å². The van der Waals surface area contributed by atoms with Gasteiger partial charge >= 0.3 is 0 Å². The lowest BCUT2D eigenvalue weighted by atomic mass is 10.1. The highest BCUT2D eigenvalue weighted by Crippen LogP contribution is 2.13. The van der Waals surface area contributed by atoms with Gasteiger partial charge in [0.05, 0.1) is 0 Å². The number of halogens is 2.